The van der Waals surface area contributed by atoms with Crippen LogP contribution < -0.4 is 10.6 Å². The zero-order valence-corrected chi connectivity index (χ0v) is 12.5. The number of halogens is 1. The monoisotopic (exact) mass is 355 g/mol. The van der Waals surface area contributed by atoms with Crippen molar-refractivity contribution in [1.29, 1.82) is 0 Å². The molecule has 2 aromatic rings. The van der Waals surface area contributed by atoms with Gasteiger partial charge in [-0.25, -0.2) is 14.6 Å². The van der Waals surface area contributed by atoms with Gasteiger partial charge in [0.15, 0.2) is 0 Å². The Hall–Kier alpha value is -1.93. The van der Waals surface area contributed by atoms with Crippen molar-refractivity contribution >= 4 is 45.0 Å². The molecule has 1 heterocycles. The minimum Gasteiger partial charge on any atom is -0.478 e. The van der Waals surface area contributed by atoms with Crippen LogP contribution in [0.2, 0.25) is 0 Å². The van der Waals surface area contributed by atoms with Gasteiger partial charge in [-0.2, -0.15) is 0 Å². The van der Waals surface area contributed by atoms with Gasteiger partial charge in [0.1, 0.15) is 5.01 Å². The van der Waals surface area contributed by atoms with Gasteiger partial charge in [0, 0.05) is 16.0 Å². The molecule has 0 radical (unpaired) electrons. The Balaban J connectivity index is 2.06. The molecule has 0 saturated heterocycles. The number of urea groups is 1. The van der Waals surface area contributed by atoms with Crippen LogP contribution >= 0.6 is 27.3 Å². The van der Waals surface area contributed by atoms with Crippen molar-refractivity contribution in [2.45, 2.75) is 6.54 Å². The number of aromatic carboxylic acids is 1. The molecule has 6 nitrogen and oxygen atoms in total. The minimum absolute atomic E-state index is 0.0174. The molecule has 104 valence electrons. The number of hydrogen-bond acceptors (Lipinski definition) is 4. The summed E-state index contributed by atoms with van der Waals surface area (Å²) >= 11 is 4.64. The minimum atomic E-state index is -1.11. The van der Waals surface area contributed by atoms with Crippen molar-refractivity contribution in [3.8, 4) is 0 Å². The SMILES string of the molecule is O=C(NCc1nccs1)Nc1c(Br)cccc1C(=O)O. The highest BCUT2D eigenvalue weighted by Crippen LogP contribution is 2.26. The van der Waals surface area contributed by atoms with Crippen LogP contribution in [0.1, 0.15) is 15.4 Å². The predicted octanol–water partition coefficient (Wildman–Crippen LogP) is 2.93. The second kappa shape index (κ2) is 6.49. The summed E-state index contributed by atoms with van der Waals surface area (Å²) in [5.74, 6) is -1.11. The number of carboxylic acids is 1. The number of nitrogens with one attached hydrogen (secondary N) is 2. The van der Waals surface area contributed by atoms with Crippen LogP contribution in [0.25, 0.3) is 0 Å². The maximum Gasteiger partial charge on any atom is 0.337 e. The predicted molar refractivity (Wildman–Crippen MR) is 79.1 cm³/mol. The van der Waals surface area contributed by atoms with Crippen LogP contribution in [0, 0.1) is 0 Å². The number of anilines is 1. The van der Waals surface area contributed by atoms with Gasteiger partial charge < -0.3 is 15.7 Å². The number of aromatic nitrogens is 1. The lowest BCUT2D eigenvalue weighted by Gasteiger charge is -2.11. The zero-order chi connectivity index (χ0) is 14.5. The molecule has 0 atom stereocenters. The van der Waals surface area contributed by atoms with E-state index < -0.39 is 12.0 Å². The van der Waals surface area contributed by atoms with Gasteiger partial charge in [-0.1, -0.05) is 6.07 Å². The smallest absolute Gasteiger partial charge is 0.337 e. The first-order valence-electron chi connectivity index (χ1n) is 5.53. The van der Waals surface area contributed by atoms with Gasteiger partial charge in [-0.05, 0) is 28.1 Å². The van der Waals surface area contributed by atoms with Crippen LogP contribution in [0.3, 0.4) is 0 Å². The first-order chi connectivity index (χ1) is 9.58. The molecule has 0 saturated carbocycles. The molecule has 2 amide bonds. The van der Waals surface area contributed by atoms with E-state index in [-0.39, 0.29) is 17.8 Å². The van der Waals surface area contributed by atoms with E-state index in [9.17, 15) is 9.59 Å². The number of carbonyl (C=O) groups excluding carboxylic acids is 1. The summed E-state index contributed by atoms with van der Waals surface area (Å²) in [5, 5.41) is 16.8. The molecule has 3 N–H and O–H groups in total. The first kappa shape index (κ1) is 14.5. The molecule has 0 spiro atoms. The van der Waals surface area contributed by atoms with E-state index in [0.717, 1.165) is 5.01 Å². The van der Waals surface area contributed by atoms with Crippen molar-refractivity contribution in [2.75, 3.05) is 5.32 Å². The highest BCUT2D eigenvalue weighted by atomic mass is 79.9. The number of rotatable bonds is 4. The fourth-order valence-electron chi connectivity index (χ4n) is 1.48. The molecule has 0 bridgehead atoms. The number of carboxylic acid groups (broad SMARTS) is 1. The number of para-hydroxylation sites is 1. The van der Waals surface area contributed by atoms with Gasteiger partial charge in [0.25, 0.3) is 0 Å². The summed E-state index contributed by atoms with van der Waals surface area (Å²) < 4.78 is 0.502. The molecule has 2 rings (SSSR count). The highest BCUT2D eigenvalue weighted by molar-refractivity contribution is 9.10. The fourth-order valence-corrected chi connectivity index (χ4v) is 2.50. The number of carbonyl (C=O) groups is 2. The van der Waals surface area contributed by atoms with Crippen molar-refractivity contribution in [3.05, 3.63) is 44.8 Å². The fraction of sp³-hybridized carbons (Fsp3) is 0.0833. The van der Waals surface area contributed by atoms with Crippen LogP contribution in [0.4, 0.5) is 10.5 Å². The van der Waals surface area contributed by atoms with Gasteiger partial charge in [0.2, 0.25) is 0 Å². The average molecular weight is 356 g/mol. The lowest BCUT2D eigenvalue weighted by Crippen LogP contribution is -2.29. The maximum absolute atomic E-state index is 11.8. The Morgan fingerprint density at radius 2 is 2.20 bits per heavy atom. The van der Waals surface area contributed by atoms with E-state index in [0.29, 0.717) is 4.47 Å². The van der Waals surface area contributed by atoms with Crippen molar-refractivity contribution < 1.29 is 14.7 Å². The third-order valence-corrected chi connectivity index (χ3v) is 3.81. The standard InChI is InChI=1S/C12H10BrN3O3S/c13-8-3-1-2-7(11(17)18)10(8)16-12(19)15-6-9-14-4-5-20-9/h1-5H,6H2,(H,17,18)(H2,15,16,19). The number of hydrogen-bond donors (Lipinski definition) is 3. The number of thiazole rings is 1. The lowest BCUT2D eigenvalue weighted by molar-refractivity contribution is 0.0698. The van der Waals surface area contributed by atoms with E-state index in [2.05, 4.69) is 31.5 Å². The van der Waals surface area contributed by atoms with E-state index in [1.165, 1.54) is 17.4 Å². The van der Waals surface area contributed by atoms with Crippen LogP contribution in [-0.2, 0) is 6.54 Å². The Labute approximate surface area is 127 Å². The summed E-state index contributed by atoms with van der Waals surface area (Å²) in [6.45, 7) is 0.288. The van der Waals surface area contributed by atoms with E-state index in [4.69, 9.17) is 5.11 Å². The summed E-state index contributed by atoms with van der Waals surface area (Å²) in [5.41, 5.74) is 0.236. The lowest BCUT2D eigenvalue weighted by atomic mass is 10.2. The maximum atomic E-state index is 11.8. The Bertz CT molecular complexity index is 631. The van der Waals surface area contributed by atoms with Gasteiger partial charge in [0.05, 0.1) is 17.8 Å². The second-order valence-corrected chi connectivity index (χ2v) is 5.53. The third-order valence-electron chi connectivity index (χ3n) is 2.37. The first-order valence-corrected chi connectivity index (χ1v) is 7.20. The van der Waals surface area contributed by atoms with E-state index in [1.54, 1.807) is 18.3 Å². The number of benzene rings is 1. The Morgan fingerprint density at radius 1 is 1.40 bits per heavy atom. The molecule has 20 heavy (non-hydrogen) atoms. The molecule has 0 aliphatic rings. The molecular formula is C12H10BrN3O3S. The number of nitrogens with zero attached hydrogens (tertiary/aromatic N) is 1. The molecule has 0 aliphatic heterocycles. The molecular weight excluding hydrogens is 346 g/mol. The quantitative estimate of drug-likeness (QED) is 0.786. The van der Waals surface area contributed by atoms with Crippen molar-refractivity contribution in [3.63, 3.8) is 0 Å². The van der Waals surface area contributed by atoms with Gasteiger partial charge in [-0.15, -0.1) is 11.3 Å². The largest absolute Gasteiger partial charge is 0.478 e. The molecule has 1 aromatic heterocycles. The molecule has 0 fully saturated rings. The van der Waals surface area contributed by atoms with Crippen LogP contribution in [0.5, 0.6) is 0 Å². The van der Waals surface area contributed by atoms with E-state index in [1.807, 2.05) is 5.38 Å². The summed E-state index contributed by atoms with van der Waals surface area (Å²) in [7, 11) is 0. The summed E-state index contributed by atoms with van der Waals surface area (Å²) in [6, 6.07) is 4.17. The summed E-state index contributed by atoms with van der Waals surface area (Å²) in [6.07, 6.45) is 1.65. The van der Waals surface area contributed by atoms with Gasteiger partial charge in [-0.3, -0.25) is 0 Å². The Morgan fingerprint density at radius 3 is 2.85 bits per heavy atom. The Kier molecular flexibility index (Phi) is 4.70. The van der Waals surface area contributed by atoms with Crippen molar-refractivity contribution in [1.82, 2.24) is 10.3 Å². The topological polar surface area (TPSA) is 91.3 Å². The van der Waals surface area contributed by atoms with Crippen molar-refractivity contribution in [2.24, 2.45) is 0 Å². The third kappa shape index (κ3) is 3.55. The molecule has 0 unspecified atom stereocenters. The number of amides is 2. The average Bonchev–Trinajstić information content (AvgIpc) is 2.91. The van der Waals surface area contributed by atoms with Crippen LogP contribution in [0.15, 0.2) is 34.2 Å². The second-order valence-electron chi connectivity index (χ2n) is 3.70. The van der Waals surface area contributed by atoms with Crippen LogP contribution in [-0.4, -0.2) is 22.1 Å². The normalized spacial score (nSPS) is 10.1. The highest BCUT2D eigenvalue weighted by Gasteiger charge is 2.15. The molecule has 8 heteroatoms. The summed E-state index contributed by atoms with van der Waals surface area (Å²) in [4.78, 5) is 26.9. The molecule has 0 aliphatic carbocycles. The molecule has 1 aromatic carbocycles. The van der Waals surface area contributed by atoms with Gasteiger partial charge >= 0.3 is 12.0 Å². The zero-order valence-electron chi connectivity index (χ0n) is 10.1. The van der Waals surface area contributed by atoms with E-state index >= 15 is 0 Å².